The topological polar surface area (TPSA) is 9.23 Å². The molecule has 1 aromatic carbocycles. The van der Waals surface area contributed by atoms with E-state index >= 15 is 0 Å². The molecule has 2 atom stereocenters. The van der Waals surface area contributed by atoms with Crippen molar-refractivity contribution in [2.75, 3.05) is 0 Å². The second-order valence-electron chi connectivity index (χ2n) is 5.07. The number of rotatable bonds is 5. The van der Waals surface area contributed by atoms with Crippen LogP contribution in [0.15, 0.2) is 24.3 Å². The smallest absolute Gasteiger partial charge is 0.0720 e. The zero-order valence-corrected chi connectivity index (χ0v) is 12.5. The molecule has 18 heavy (non-hydrogen) atoms. The minimum Gasteiger partial charge on any atom is -0.373 e. The second-order valence-corrected chi connectivity index (χ2v) is 6.03. The van der Waals surface area contributed by atoms with Gasteiger partial charge in [0.25, 0.3) is 0 Å². The van der Waals surface area contributed by atoms with Crippen LogP contribution in [0.25, 0.3) is 0 Å². The fraction of sp³-hybridized carbons (Fsp3) is 0.600. The van der Waals surface area contributed by atoms with Gasteiger partial charge in [-0.2, -0.15) is 0 Å². The van der Waals surface area contributed by atoms with Crippen LogP contribution in [-0.4, -0.2) is 11.5 Å². The SMILES string of the molecule is CCC1(CC)C(Cl)CC1OCc1ccc(Cl)cc1. The Morgan fingerprint density at radius 3 is 2.33 bits per heavy atom. The molecule has 1 aliphatic carbocycles. The van der Waals surface area contributed by atoms with Crippen molar-refractivity contribution in [2.45, 2.75) is 51.2 Å². The summed E-state index contributed by atoms with van der Waals surface area (Å²) >= 11 is 12.2. The first-order chi connectivity index (χ1) is 8.62. The molecule has 2 rings (SSSR count). The molecule has 0 aromatic heterocycles. The molecule has 0 N–H and O–H groups in total. The summed E-state index contributed by atoms with van der Waals surface area (Å²) in [6.07, 6.45) is 3.44. The van der Waals surface area contributed by atoms with Gasteiger partial charge < -0.3 is 4.74 Å². The van der Waals surface area contributed by atoms with E-state index in [0.29, 0.717) is 12.7 Å². The quantitative estimate of drug-likeness (QED) is 0.689. The molecule has 0 aliphatic heterocycles. The van der Waals surface area contributed by atoms with Crippen molar-refractivity contribution < 1.29 is 4.74 Å². The van der Waals surface area contributed by atoms with Gasteiger partial charge in [-0.1, -0.05) is 37.6 Å². The van der Waals surface area contributed by atoms with Crippen LogP contribution in [0, 0.1) is 5.41 Å². The van der Waals surface area contributed by atoms with E-state index < -0.39 is 0 Å². The first-order valence-corrected chi connectivity index (χ1v) is 7.44. The maximum absolute atomic E-state index is 6.37. The maximum atomic E-state index is 6.37. The van der Waals surface area contributed by atoms with Crippen molar-refractivity contribution in [3.63, 3.8) is 0 Å². The number of benzene rings is 1. The number of ether oxygens (including phenoxy) is 1. The van der Waals surface area contributed by atoms with Crippen molar-refractivity contribution in [2.24, 2.45) is 5.41 Å². The highest BCUT2D eigenvalue weighted by Crippen LogP contribution is 2.52. The van der Waals surface area contributed by atoms with Crippen LogP contribution in [0.4, 0.5) is 0 Å². The minimum absolute atomic E-state index is 0.175. The second kappa shape index (κ2) is 5.81. The standard InChI is InChI=1S/C15H20Cl2O/c1-3-15(4-2)13(17)9-14(15)18-10-11-5-7-12(16)8-6-11/h5-8,13-14H,3-4,9-10H2,1-2H3. The van der Waals surface area contributed by atoms with E-state index in [1.54, 1.807) is 0 Å². The Bertz CT molecular complexity index is 384. The first-order valence-electron chi connectivity index (χ1n) is 6.62. The van der Waals surface area contributed by atoms with Gasteiger partial charge in [0.15, 0.2) is 0 Å². The predicted octanol–water partition coefficient (Wildman–Crippen LogP) is 5.04. The molecular formula is C15H20Cl2O. The van der Waals surface area contributed by atoms with Gasteiger partial charge in [-0.15, -0.1) is 11.6 Å². The van der Waals surface area contributed by atoms with Crippen molar-refractivity contribution in [1.82, 2.24) is 0 Å². The van der Waals surface area contributed by atoms with Crippen LogP contribution in [0.2, 0.25) is 5.02 Å². The van der Waals surface area contributed by atoms with Gasteiger partial charge in [0.2, 0.25) is 0 Å². The van der Waals surface area contributed by atoms with Crippen LogP contribution in [0.3, 0.4) is 0 Å². The van der Waals surface area contributed by atoms with Gasteiger partial charge in [0.1, 0.15) is 0 Å². The highest BCUT2D eigenvalue weighted by Gasteiger charge is 2.52. The van der Waals surface area contributed by atoms with E-state index in [2.05, 4.69) is 13.8 Å². The van der Waals surface area contributed by atoms with Gasteiger partial charge in [-0.05, 0) is 37.0 Å². The van der Waals surface area contributed by atoms with Crippen LogP contribution < -0.4 is 0 Å². The van der Waals surface area contributed by atoms with Crippen LogP contribution in [0.1, 0.15) is 38.7 Å². The monoisotopic (exact) mass is 286 g/mol. The highest BCUT2D eigenvalue weighted by molar-refractivity contribution is 6.30. The molecule has 3 heteroatoms. The summed E-state index contributed by atoms with van der Waals surface area (Å²) in [5, 5.41) is 1.03. The fourth-order valence-corrected chi connectivity index (χ4v) is 3.60. The van der Waals surface area contributed by atoms with E-state index in [1.165, 1.54) is 5.56 Å². The highest BCUT2D eigenvalue weighted by atomic mass is 35.5. The summed E-state index contributed by atoms with van der Waals surface area (Å²) in [6.45, 7) is 5.06. The Balaban J connectivity index is 1.93. The lowest BCUT2D eigenvalue weighted by Crippen LogP contribution is -2.55. The van der Waals surface area contributed by atoms with Crippen LogP contribution >= 0.6 is 23.2 Å². The summed E-state index contributed by atoms with van der Waals surface area (Å²) < 4.78 is 6.04. The van der Waals surface area contributed by atoms with Crippen LogP contribution in [0.5, 0.6) is 0 Å². The number of alkyl halides is 1. The molecule has 2 unspecified atom stereocenters. The molecule has 0 bridgehead atoms. The number of hydrogen-bond acceptors (Lipinski definition) is 1. The van der Waals surface area contributed by atoms with E-state index in [0.717, 1.165) is 24.3 Å². The molecule has 100 valence electrons. The Kier molecular flexibility index (Phi) is 4.58. The first kappa shape index (κ1) is 14.2. The van der Waals surface area contributed by atoms with E-state index in [9.17, 15) is 0 Å². The van der Waals surface area contributed by atoms with Crippen molar-refractivity contribution in [1.29, 1.82) is 0 Å². The summed E-state index contributed by atoms with van der Waals surface area (Å²) in [5.74, 6) is 0. The molecule has 1 nitrogen and oxygen atoms in total. The third kappa shape index (κ3) is 2.54. The largest absolute Gasteiger partial charge is 0.373 e. The van der Waals surface area contributed by atoms with E-state index in [1.807, 2.05) is 24.3 Å². The van der Waals surface area contributed by atoms with Gasteiger partial charge >= 0.3 is 0 Å². The number of halogens is 2. The van der Waals surface area contributed by atoms with E-state index in [-0.39, 0.29) is 10.8 Å². The van der Waals surface area contributed by atoms with Crippen LogP contribution in [-0.2, 0) is 11.3 Å². The molecule has 0 saturated heterocycles. The lowest BCUT2D eigenvalue weighted by atomic mass is 9.62. The van der Waals surface area contributed by atoms with Crippen molar-refractivity contribution >= 4 is 23.2 Å². The molecule has 0 amide bonds. The van der Waals surface area contributed by atoms with E-state index in [4.69, 9.17) is 27.9 Å². The zero-order chi connectivity index (χ0) is 13.2. The summed E-state index contributed by atoms with van der Waals surface area (Å²) in [4.78, 5) is 0. The average molecular weight is 287 g/mol. The Morgan fingerprint density at radius 2 is 1.83 bits per heavy atom. The molecule has 1 aromatic rings. The normalized spacial score (nSPS) is 25.8. The lowest BCUT2D eigenvalue weighted by molar-refractivity contribution is -0.119. The molecule has 1 aliphatic rings. The summed E-state index contributed by atoms with van der Waals surface area (Å²) in [6, 6.07) is 7.83. The van der Waals surface area contributed by atoms with Gasteiger partial charge in [-0.3, -0.25) is 0 Å². The summed E-state index contributed by atoms with van der Waals surface area (Å²) in [7, 11) is 0. The van der Waals surface area contributed by atoms with Crippen molar-refractivity contribution in [3.05, 3.63) is 34.9 Å². The molecule has 0 radical (unpaired) electrons. The van der Waals surface area contributed by atoms with Gasteiger partial charge in [0, 0.05) is 15.8 Å². The third-order valence-electron chi connectivity index (χ3n) is 4.37. The average Bonchev–Trinajstić information content (AvgIpc) is 2.38. The van der Waals surface area contributed by atoms with Gasteiger partial charge in [-0.25, -0.2) is 0 Å². The third-order valence-corrected chi connectivity index (χ3v) is 5.23. The molecule has 0 heterocycles. The minimum atomic E-state index is 0.175. The Labute approximate surface area is 119 Å². The summed E-state index contributed by atoms with van der Waals surface area (Å²) in [5.41, 5.74) is 1.34. The molecule has 1 fully saturated rings. The lowest BCUT2D eigenvalue weighted by Gasteiger charge is -2.52. The predicted molar refractivity (Wildman–Crippen MR) is 77.3 cm³/mol. The fourth-order valence-electron chi connectivity index (χ4n) is 2.86. The molecule has 1 saturated carbocycles. The zero-order valence-electron chi connectivity index (χ0n) is 11.0. The maximum Gasteiger partial charge on any atom is 0.0720 e. The molecular weight excluding hydrogens is 267 g/mol. The Morgan fingerprint density at radius 1 is 1.22 bits per heavy atom. The van der Waals surface area contributed by atoms with Gasteiger partial charge in [0.05, 0.1) is 12.7 Å². The van der Waals surface area contributed by atoms with Crippen molar-refractivity contribution in [3.8, 4) is 0 Å². The molecule has 0 spiro atoms. The number of hydrogen-bond donors (Lipinski definition) is 0. The Hall–Kier alpha value is -0.240.